The molecule has 0 fully saturated rings. The molecule has 0 radical (unpaired) electrons. The molecule has 0 N–H and O–H groups in total. The Morgan fingerprint density at radius 1 is 0.944 bits per heavy atom. The van der Waals surface area contributed by atoms with E-state index in [1.165, 1.54) is 0 Å². The summed E-state index contributed by atoms with van der Waals surface area (Å²) >= 11 is 0. The Labute approximate surface area is 110 Å². The van der Waals surface area contributed by atoms with E-state index < -0.39 is 8.80 Å². The number of benzene rings is 1. The lowest BCUT2D eigenvalue weighted by Gasteiger charge is -2.28. The van der Waals surface area contributed by atoms with Crippen molar-refractivity contribution < 1.29 is 13.3 Å². The van der Waals surface area contributed by atoms with Crippen molar-refractivity contribution in [2.24, 2.45) is 0 Å². The van der Waals surface area contributed by atoms with E-state index >= 15 is 0 Å². The summed E-state index contributed by atoms with van der Waals surface area (Å²) < 4.78 is 17.4. The van der Waals surface area contributed by atoms with Crippen molar-refractivity contribution in [1.82, 2.24) is 0 Å². The van der Waals surface area contributed by atoms with Crippen LogP contribution in [0.15, 0.2) is 24.3 Å². The van der Waals surface area contributed by atoms with Crippen LogP contribution in [0.1, 0.15) is 26.3 Å². The van der Waals surface area contributed by atoms with E-state index in [-0.39, 0.29) is 0 Å². The number of hydrogen-bond acceptors (Lipinski definition) is 3. The fourth-order valence-corrected chi connectivity index (χ4v) is 4.18. The van der Waals surface area contributed by atoms with Gasteiger partial charge in [-0.3, -0.25) is 0 Å². The van der Waals surface area contributed by atoms with Crippen molar-refractivity contribution in [3.8, 4) is 12.3 Å². The molecule has 18 heavy (non-hydrogen) atoms. The largest absolute Gasteiger partial charge is 0.537 e. The van der Waals surface area contributed by atoms with Crippen molar-refractivity contribution in [1.29, 1.82) is 0 Å². The van der Waals surface area contributed by atoms with E-state index in [2.05, 4.69) is 5.92 Å². The highest BCUT2D eigenvalue weighted by molar-refractivity contribution is 6.75. The molecule has 0 aliphatic rings. The van der Waals surface area contributed by atoms with Gasteiger partial charge in [-0.1, -0.05) is 18.1 Å². The molecular weight excluding hydrogens is 244 g/mol. The van der Waals surface area contributed by atoms with E-state index in [0.717, 1.165) is 10.8 Å². The first-order valence-electron chi connectivity index (χ1n) is 6.21. The maximum absolute atomic E-state index is 5.81. The summed E-state index contributed by atoms with van der Waals surface area (Å²) in [7, 11) is -2.78. The van der Waals surface area contributed by atoms with Crippen LogP contribution in [-0.4, -0.2) is 28.6 Å². The zero-order valence-corrected chi connectivity index (χ0v) is 12.2. The summed E-state index contributed by atoms with van der Waals surface area (Å²) in [5.41, 5.74) is 0.839. The molecule has 0 aromatic heterocycles. The lowest BCUT2D eigenvalue weighted by atomic mass is 10.2. The summed E-state index contributed by atoms with van der Waals surface area (Å²) in [6.45, 7) is 7.50. The van der Waals surface area contributed by atoms with Crippen LogP contribution in [0.4, 0.5) is 0 Å². The van der Waals surface area contributed by atoms with Crippen molar-refractivity contribution >= 4 is 14.0 Å². The molecule has 0 saturated heterocycles. The molecule has 0 aliphatic heterocycles. The van der Waals surface area contributed by atoms with E-state index in [0.29, 0.717) is 19.8 Å². The third-order valence-electron chi connectivity index (χ3n) is 2.41. The molecule has 0 aliphatic carbocycles. The molecule has 0 bridgehead atoms. The summed E-state index contributed by atoms with van der Waals surface area (Å²) in [5, 5.41) is 0.951. The minimum Gasteiger partial charge on any atom is -0.370 e. The number of rotatable bonds is 7. The van der Waals surface area contributed by atoms with Gasteiger partial charge in [-0.05, 0) is 32.9 Å². The van der Waals surface area contributed by atoms with Gasteiger partial charge in [-0.15, -0.1) is 6.42 Å². The van der Waals surface area contributed by atoms with Crippen LogP contribution in [0.2, 0.25) is 0 Å². The van der Waals surface area contributed by atoms with Gasteiger partial charge < -0.3 is 13.3 Å². The normalized spacial score (nSPS) is 11.2. The molecule has 0 heterocycles. The molecule has 1 rings (SSSR count). The predicted octanol–water partition coefficient (Wildman–Crippen LogP) is 1.92. The van der Waals surface area contributed by atoms with Gasteiger partial charge in [0.1, 0.15) is 0 Å². The van der Waals surface area contributed by atoms with Gasteiger partial charge in [0.2, 0.25) is 0 Å². The summed E-state index contributed by atoms with van der Waals surface area (Å²) in [6.07, 6.45) is 5.35. The third-order valence-corrected chi connectivity index (χ3v) is 5.45. The molecule has 0 saturated carbocycles. The lowest BCUT2D eigenvalue weighted by molar-refractivity contribution is 0.0859. The molecule has 3 nitrogen and oxygen atoms in total. The van der Waals surface area contributed by atoms with Crippen LogP contribution in [0.25, 0.3) is 0 Å². The first-order chi connectivity index (χ1) is 8.72. The van der Waals surface area contributed by atoms with Crippen molar-refractivity contribution in [3.05, 3.63) is 29.8 Å². The van der Waals surface area contributed by atoms with E-state index in [1.807, 2.05) is 45.0 Å². The van der Waals surface area contributed by atoms with Crippen LogP contribution >= 0.6 is 0 Å². The van der Waals surface area contributed by atoms with Gasteiger partial charge in [0.15, 0.2) is 0 Å². The predicted molar refractivity (Wildman–Crippen MR) is 74.6 cm³/mol. The Hall–Kier alpha value is -1.12. The van der Waals surface area contributed by atoms with E-state index in [9.17, 15) is 0 Å². The first-order valence-corrected chi connectivity index (χ1v) is 7.93. The monoisotopic (exact) mass is 264 g/mol. The molecule has 0 unspecified atom stereocenters. The van der Waals surface area contributed by atoms with Gasteiger partial charge in [0.05, 0.1) is 0 Å². The SMILES string of the molecule is C#Cc1ccc([Si](OCC)(OCC)OCC)cc1. The topological polar surface area (TPSA) is 27.7 Å². The van der Waals surface area contributed by atoms with Crippen molar-refractivity contribution in [2.45, 2.75) is 20.8 Å². The molecular formula is C14H20O3Si. The van der Waals surface area contributed by atoms with Crippen LogP contribution < -0.4 is 5.19 Å². The Morgan fingerprint density at radius 3 is 1.72 bits per heavy atom. The molecule has 0 amide bonds. The number of terminal acetylenes is 1. The maximum atomic E-state index is 5.81. The van der Waals surface area contributed by atoms with Gasteiger partial charge in [-0.25, -0.2) is 0 Å². The fraction of sp³-hybridized carbons (Fsp3) is 0.429. The van der Waals surface area contributed by atoms with Gasteiger partial charge in [0.25, 0.3) is 0 Å². The highest BCUT2D eigenvalue weighted by atomic mass is 28.4. The Balaban J connectivity index is 3.09. The van der Waals surface area contributed by atoms with Crippen LogP contribution in [0.3, 0.4) is 0 Å². The van der Waals surface area contributed by atoms with Gasteiger partial charge in [-0.2, -0.15) is 0 Å². The standard InChI is InChI=1S/C14H20O3Si/c1-5-13-9-11-14(12-10-13)18(15-6-2,16-7-3)17-8-4/h1,9-12H,6-8H2,2-4H3. The zero-order chi connectivity index (χ0) is 13.4. The average molecular weight is 264 g/mol. The summed E-state index contributed by atoms with van der Waals surface area (Å²) in [4.78, 5) is 0. The minimum absolute atomic E-state index is 0.559. The van der Waals surface area contributed by atoms with Crippen LogP contribution in [0, 0.1) is 12.3 Å². The minimum atomic E-state index is -2.78. The molecule has 0 atom stereocenters. The van der Waals surface area contributed by atoms with E-state index in [4.69, 9.17) is 19.7 Å². The quantitative estimate of drug-likeness (QED) is 0.556. The van der Waals surface area contributed by atoms with Gasteiger partial charge in [0, 0.05) is 30.6 Å². The molecule has 1 aromatic rings. The Bertz CT molecular complexity index is 377. The summed E-state index contributed by atoms with van der Waals surface area (Å²) in [6, 6.07) is 7.63. The lowest BCUT2D eigenvalue weighted by Crippen LogP contribution is -2.56. The second-order valence-electron chi connectivity index (χ2n) is 3.58. The smallest absolute Gasteiger partial charge is 0.370 e. The highest BCUT2D eigenvalue weighted by Gasteiger charge is 2.42. The van der Waals surface area contributed by atoms with Crippen molar-refractivity contribution in [2.75, 3.05) is 19.8 Å². The molecule has 4 heteroatoms. The number of hydrogen-bond donors (Lipinski definition) is 0. The fourth-order valence-electron chi connectivity index (χ4n) is 1.72. The Kier molecular flexibility index (Phi) is 6.09. The first kappa shape index (κ1) is 14.9. The molecule has 98 valence electrons. The second kappa shape index (κ2) is 7.34. The van der Waals surface area contributed by atoms with Crippen molar-refractivity contribution in [3.63, 3.8) is 0 Å². The zero-order valence-electron chi connectivity index (χ0n) is 11.2. The van der Waals surface area contributed by atoms with E-state index in [1.54, 1.807) is 0 Å². The maximum Gasteiger partial charge on any atom is 0.537 e. The summed E-state index contributed by atoms with van der Waals surface area (Å²) in [5.74, 6) is 2.59. The van der Waals surface area contributed by atoms with Crippen LogP contribution in [-0.2, 0) is 13.3 Å². The Morgan fingerprint density at radius 2 is 1.39 bits per heavy atom. The van der Waals surface area contributed by atoms with Crippen LogP contribution in [0.5, 0.6) is 0 Å². The van der Waals surface area contributed by atoms with Gasteiger partial charge >= 0.3 is 8.80 Å². The highest BCUT2D eigenvalue weighted by Crippen LogP contribution is 2.11. The molecule has 1 aromatic carbocycles. The average Bonchev–Trinajstić information content (AvgIpc) is 2.39. The third kappa shape index (κ3) is 3.44. The molecule has 0 spiro atoms. The second-order valence-corrected chi connectivity index (χ2v) is 6.13.